The molecule has 0 spiro atoms. The van der Waals surface area contributed by atoms with Gasteiger partial charge in [0.05, 0.1) is 0 Å². The molecular weight excluding hydrogens is 353 g/mol. The fourth-order valence-electron chi connectivity index (χ4n) is 2.95. The Morgan fingerprint density at radius 2 is 1.78 bits per heavy atom. The minimum atomic E-state index is -0.974. The maximum Gasteiger partial charge on any atom is 0.407 e. The number of carboxylic acid groups (broad SMARTS) is 1. The summed E-state index contributed by atoms with van der Waals surface area (Å²) in [5.74, 6) is -1.23. The van der Waals surface area contributed by atoms with E-state index in [9.17, 15) is 19.1 Å². The molecule has 27 heavy (non-hydrogen) atoms. The van der Waals surface area contributed by atoms with Crippen LogP contribution in [0.25, 0.3) is 0 Å². The van der Waals surface area contributed by atoms with Crippen LogP contribution in [0.3, 0.4) is 0 Å². The third-order valence-electron chi connectivity index (χ3n) is 4.29. The normalized spacial score (nSPS) is 17.3. The number of carbonyl (C=O) groups is 2. The minimum Gasteiger partial charge on any atom is -0.480 e. The first-order valence-electron chi connectivity index (χ1n) is 9.04. The Bertz CT molecular complexity index is 637. The minimum absolute atomic E-state index is 0.0117. The van der Waals surface area contributed by atoms with Crippen LogP contribution in [0.15, 0.2) is 24.3 Å². The van der Waals surface area contributed by atoms with Gasteiger partial charge in [0.15, 0.2) is 0 Å². The van der Waals surface area contributed by atoms with Crippen molar-refractivity contribution in [2.75, 3.05) is 32.7 Å². The van der Waals surface area contributed by atoms with E-state index in [1.54, 1.807) is 32.9 Å². The molecule has 0 radical (unpaired) electrons. The molecule has 1 aliphatic heterocycles. The molecule has 1 saturated heterocycles. The third-order valence-corrected chi connectivity index (χ3v) is 4.29. The second-order valence-electron chi connectivity index (χ2n) is 7.68. The SMILES string of the molecule is CC(C)(C)OC(=O)NCC(C(=O)O)N1CCN(Cc2ccc(F)cc2)CC1. The van der Waals surface area contributed by atoms with E-state index in [1.165, 1.54) is 12.1 Å². The summed E-state index contributed by atoms with van der Waals surface area (Å²) in [6.45, 7) is 8.50. The number of benzene rings is 1. The first-order chi connectivity index (χ1) is 12.6. The molecule has 1 fully saturated rings. The standard InChI is InChI=1S/C19H28FN3O4/c1-19(2,3)27-18(26)21-12-16(17(24)25)23-10-8-22(9-11-23)13-14-4-6-15(20)7-5-14/h4-7,16H,8-13H2,1-3H3,(H,21,26)(H,24,25). The number of alkyl carbamates (subject to hydrolysis) is 1. The molecule has 0 bridgehead atoms. The molecule has 1 heterocycles. The first kappa shape index (κ1) is 21.1. The van der Waals surface area contributed by atoms with Crippen LogP contribution in [-0.2, 0) is 16.1 Å². The Morgan fingerprint density at radius 1 is 1.19 bits per heavy atom. The highest BCUT2D eigenvalue weighted by molar-refractivity contribution is 5.75. The van der Waals surface area contributed by atoms with Gasteiger partial charge in [0.2, 0.25) is 0 Å². The van der Waals surface area contributed by atoms with Gasteiger partial charge in [0.25, 0.3) is 0 Å². The largest absolute Gasteiger partial charge is 0.480 e. The number of halogens is 1. The fourth-order valence-corrected chi connectivity index (χ4v) is 2.95. The number of hydrogen-bond acceptors (Lipinski definition) is 5. The molecule has 1 amide bonds. The molecule has 8 heteroatoms. The van der Waals surface area contributed by atoms with E-state index < -0.39 is 23.7 Å². The number of carbonyl (C=O) groups excluding carboxylic acids is 1. The van der Waals surface area contributed by atoms with Gasteiger partial charge >= 0.3 is 12.1 Å². The van der Waals surface area contributed by atoms with Crippen molar-refractivity contribution in [1.82, 2.24) is 15.1 Å². The van der Waals surface area contributed by atoms with Crippen molar-refractivity contribution in [3.05, 3.63) is 35.6 Å². The van der Waals surface area contributed by atoms with Crippen molar-refractivity contribution >= 4 is 12.1 Å². The third kappa shape index (κ3) is 7.15. The van der Waals surface area contributed by atoms with Crippen LogP contribution in [0.1, 0.15) is 26.3 Å². The topological polar surface area (TPSA) is 82.1 Å². The summed E-state index contributed by atoms with van der Waals surface area (Å²) in [5.41, 5.74) is 0.389. The Balaban J connectivity index is 1.82. The molecule has 2 rings (SSSR count). The predicted octanol–water partition coefficient (Wildman–Crippen LogP) is 1.92. The van der Waals surface area contributed by atoms with Crippen molar-refractivity contribution in [3.63, 3.8) is 0 Å². The zero-order valence-electron chi connectivity index (χ0n) is 16.1. The van der Waals surface area contributed by atoms with Gasteiger partial charge in [-0.1, -0.05) is 12.1 Å². The lowest BCUT2D eigenvalue weighted by Crippen LogP contribution is -2.56. The number of rotatable bonds is 6. The lowest BCUT2D eigenvalue weighted by molar-refractivity contribution is -0.143. The summed E-state index contributed by atoms with van der Waals surface area (Å²) in [5, 5.41) is 12.1. The van der Waals surface area contributed by atoms with Crippen LogP contribution >= 0.6 is 0 Å². The second kappa shape index (κ2) is 9.14. The number of amides is 1. The molecule has 1 aromatic rings. The summed E-state index contributed by atoms with van der Waals surface area (Å²) in [6.07, 6.45) is -0.622. The lowest BCUT2D eigenvalue weighted by Gasteiger charge is -2.37. The van der Waals surface area contributed by atoms with Gasteiger partial charge in [0.1, 0.15) is 17.5 Å². The summed E-state index contributed by atoms with van der Waals surface area (Å²) in [6, 6.07) is 5.59. The zero-order valence-corrected chi connectivity index (χ0v) is 16.1. The highest BCUT2D eigenvalue weighted by atomic mass is 19.1. The van der Waals surface area contributed by atoms with Crippen LogP contribution in [0.5, 0.6) is 0 Å². The van der Waals surface area contributed by atoms with Crippen LogP contribution < -0.4 is 5.32 Å². The van der Waals surface area contributed by atoms with E-state index in [0.29, 0.717) is 32.7 Å². The number of nitrogens with one attached hydrogen (secondary N) is 1. The van der Waals surface area contributed by atoms with Crippen molar-refractivity contribution in [3.8, 4) is 0 Å². The lowest BCUT2D eigenvalue weighted by atomic mass is 10.1. The van der Waals surface area contributed by atoms with Crippen LogP contribution in [0.2, 0.25) is 0 Å². The van der Waals surface area contributed by atoms with Crippen LogP contribution in [0.4, 0.5) is 9.18 Å². The Morgan fingerprint density at radius 3 is 2.30 bits per heavy atom. The molecule has 2 N–H and O–H groups in total. The highest BCUT2D eigenvalue weighted by Gasteiger charge is 2.29. The van der Waals surface area contributed by atoms with E-state index in [4.69, 9.17) is 4.74 Å². The Labute approximate surface area is 159 Å². The molecule has 1 aromatic carbocycles. The Hall–Kier alpha value is -2.19. The summed E-state index contributed by atoms with van der Waals surface area (Å²) in [7, 11) is 0. The van der Waals surface area contributed by atoms with E-state index >= 15 is 0 Å². The van der Waals surface area contributed by atoms with Crippen molar-refractivity contribution in [1.29, 1.82) is 0 Å². The fraction of sp³-hybridized carbons (Fsp3) is 0.579. The van der Waals surface area contributed by atoms with Gasteiger partial charge in [-0.2, -0.15) is 0 Å². The number of ether oxygens (including phenoxy) is 1. The number of hydrogen-bond donors (Lipinski definition) is 2. The predicted molar refractivity (Wildman–Crippen MR) is 98.9 cm³/mol. The molecule has 1 atom stereocenters. The average molecular weight is 381 g/mol. The van der Waals surface area contributed by atoms with E-state index in [0.717, 1.165) is 5.56 Å². The number of piperazine rings is 1. The maximum atomic E-state index is 13.0. The summed E-state index contributed by atoms with van der Waals surface area (Å²) >= 11 is 0. The van der Waals surface area contributed by atoms with E-state index in [2.05, 4.69) is 10.2 Å². The van der Waals surface area contributed by atoms with Gasteiger partial charge < -0.3 is 15.2 Å². The van der Waals surface area contributed by atoms with Gasteiger partial charge in [-0.25, -0.2) is 9.18 Å². The smallest absolute Gasteiger partial charge is 0.407 e. The van der Waals surface area contributed by atoms with E-state index in [1.807, 2.05) is 4.90 Å². The quantitative estimate of drug-likeness (QED) is 0.784. The second-order valence-corrected chi connectivity index (χ2v) is 7.68. The molecular formula is C19H28FN3O4. The maximum absolute atomic E-state index is 13.0. The first-order valence-corrected chi connectivity index (χ1v) is 9.04. The zero-order chi connectivity index (χ0) is 20.0. The summed E-state index contributed by atoms with van der Waals surface area (Å²) in [4.78, 5) is 27.4. The number of aliphatic carboxylic acids is 1. The molecule has 0 aliphatic carbocycles. The molecule has 1 unspecified atom stereocenters. The molecule has 0 aromatic heterocycles. The summed E-state index contributed by atoms with van der Waals surface area (Å²) < 4.78 is 18.1. The van der Waals surface area contributed by atoms with Crippen molar-refractivity contribution in [2.24, 2.45) is 0 Å². The van der Waals surface area contributed by atoms with Gasteiger partial charge in [-0.15, -0.1) is 0 Å². The number of nitrogens with zero attached hydrogens (tertiary/aromatic N) is 2. The van der Waals surface area contributed by atoms with Crippen molar-refractivity contribution in [2.45, 2.75) is 39.0 Å². The van der Waals surface area contributed by atoms with Crippen molar-refractivity contribution < 1.29 is 23.8 Å². The van der Waals surface area contributed by atoms with Gasteiger partial charge in [-0.05, 0) is 38.5 Å². The number of carboxylic acids is 1. The van der Waals surface area contributed by atoms with Crippen LogP contribution in [0, 0.1) is 5.82 Å². The average Bonchev–Trinajstić information content (AvgIpc) is 2.56. The molecule has 150 valence electrons. The molecule has 7 nitrogen and oxygen atoms in total. The van der Waals surface area contributed by atoms with E-state index in [-0.39, 0.29) is 12.4 Å². The molecule has 1 aliphatic rings. The monoisotopic (exact) mass is 381 g/mol. The molecule has 0 saturated carbocycles. The van der Waals surface area contributed by atoms with Gasteiger partial charge in [0, 0.05) is 39.3 Å². The highest BCUT2D eigenvalue weighted by Crippen LogP contribution is 2.12. The van der Waals surface area contributed by atoms with Gasteiger partial charge in [-0.3, -0.25) is 14.6 Å². The Kier molecular flexibility index (Phi) is 7.15. The van der Waals surface area contributed by atoms with Crippen LogP contribution in [-0.4, -0.2) is 71.3 Å².